The van der Waals surface area contributed by atoms with Gasteiger partial charge in [0.25, 0.3) is 0 Å². The molecule has 5 N–H and O–H groups in total. The Labute approximate surface area is 274 Å². The lowest BCUT2D eigenvalue weighted by Crippen LogP contribution is -2.43. The first-order valence-corrected chi connectivity index (χ1v) is 18.9. The van der Waals surface area contributed by atoms with Gasteiger partial charge in [-0.15, -0.1) is 0 Å². The van der Waals surface area contributed by atoms with Gasteiger partial charge in [0.2, 0.25) is 0 Å². The molecule has 44 heavy (non-hydrogen) atoms. The van der Waals surface area contributed by atoms with E-state index in [4.69, 9.17) is 10.8 Å². The maximum Gasteiger partial charge on any atom is 0.129 e. The van der Waals surface area contributed by atoms with E-state index in [0.717, 1.165) is 25.7 Å². The number of unbranched alkanes of at least 4 members (excludes halogenated alkanes) is 21. The summed E-state index contributed by atoms with van der Waals surface area (Å²) in [6.45, 7) is 6.13. The molecule has 0 aliphatic rings. The van der Waals surface area contributed by atoms with E-state index in [0.29, 0.717) is 18.6 Å². The molecule has 0 radical (unpaired) electrons. The zero-order chi connectivity index (χ0) is 32.9. The summed E-state index contributed by atoms with van der Waals surface area (Å²) in [6.07, 6.45) is 39.8. The molecular weight excluding hydrogens is 546 g/mol. The van der Waals surface area contributed by atoms with Crippen molar-refractivity contribution < 1.29 is 20.1 Å². The van der Waals surface area contributed by atoms with Crippen LogP contribution in [0.2, 0.25) is 0 Å². The van der Waals surface area contributed by atoms with Gasteiger partial charge < -0.3 is 25.8 Å². The van der Waals surface area contributed by atoms with E-state index in [1.54, 1.807) is 6.92 Å². The second-order valence-corrected chi connectivity index (χ2v) is 13.0. The van der Waals surface area contributed by atoms with Crippen LogP contribution in [0.25, 0.3) is 0 Å². The molecule has 0 spiro atoms. The fourth-order valence-corrected chi connectivity index (χ4v) is 5.35. The van der Waals surface area contributed by atoms with E-state index in [-0.39, 0.29) is 6.61 Å². The second-order valence-electron chi connectivity index (χ2n) is 13.0. The van der Waals surface area contributed by atoms with Gasteiger partial charge in [0.15, 0.2) is 0 Å². The first-order valence-electron chi connectivity index (χ1n) is 18.9. The molecule has 0 aliphatic heterocycles. The summed E-state index contributed by atoms with van der Waals surface area (Å²) < 4.78 is 0. The highest BCUT2D eigenvalue weighted by atomic mass is 16.3. The van der Waals surface area contributed by atoms with Crippen LogP contribution in [0.15, 0.2) is 24.3 Å². The molecule has 0 aromatic carbocycles. The smallest absolute Gasteiger partial charge is 0.129 e. The minimum absolute atomic E-state index is 0.0522. The Hall–Kier alpha value is -1.01. The van der Waals surface area contributed by atoms with Gasteiger partial charge in [0.05, 0.1) is 12.2 Å². The third-order valence-corrected chi connectivity index (χ3v) is 8.41. The van der Waals surface area contributed by atoms with E-state index < -0.39 is 18.2 Å². The van der Waals surface area contributed by atoms with Gasteiger partial charge in [-0.3, -0.25) is 0 Å². The highest BCUT2D eigenvalue weighted by molar-refractivity contribution is 5.75. The summed E-state index contributed by atoms with van der Waals surface area (Å²) in [5.41, 5.74) is 5.69. The number of ketones is 1. The van der Waals surface area contributed by atoms with Crippen LogP contribution in [-0.2, 0) is 4.79 Å². The number of hydrogen-bond donors (Lipinski definition) is 4. The van der Waals surface area contributed by atoms with Crippen molar-refractivity contribution in [2.24, 2.45) is 5.73 Å². The van der Waals surface area contributed by atoms with Crippen LogP contribution in [0.1, 0.15) is 194 Å². The summed E-state index contributed by atoms with van der Waals surface area (Å²) >= 11 is 0. The van der Waals surface area contributed by atoms with Crippen LogP contribution in [0.4, 0.5) is 0 Å². The quantitative estimate of drug-likeness (QED) is 0.0441. The van der Waals surface area contributed by atoms with E-state index in [9.17, 15) is 15.0 Å². The molecule has 0 saturated heterocycles. The number of allylic oxidation sites excluding steroid dienone is 4. The number of Topliss-reactive ketones (excluding diaryl/α,β-unsaturated/α-hetero) is 1. The van der Waals surface area contributed by atoms with Crippen molar-refractivity contribution in [3.63, 3.8) is 0 Å². The largest absolute Gasteiger partial charge is 0.396 e. The third kappa shape index (κ3) is 37.2. The molecule has 0 heterocycles. The number of nitrogens with two attached hydrogens (primary N) is 1. The number of carbonyl (C=O) groups is 1. The molecule has 0 rings (SSSR count). The Kier molecular flexibility index (Phi) is 39.1. The molecule has 0 amide bonds. The Morgan fingerprint density at radius 1 is 0.591 bits per heavy atom. The molecule has 3 unspecified atom stereocenters. The summed E-state index contributed by atoms with van der Waals surface area (Å²) in [5.74, 6) is 0.337. The molecule has 3 atom stereocenters. The zero-order valence-electron chi connectivity index (χ0n) is 29.7. The van der Waals surface area contributed by atoms with Gasteiger partial charge in [0.1, 0.15) is 5.78 Å². The SMILES string of the molecule is CCCCC/C=C\C=C\CCCCCCCCCCC(C)=O.CCCCCCCCCCCCCC(O)C(O)C(N)CCO. The van der Waals surface area contributed by atoms with Crippen molar-refractivity contribution in [1.29, 1.82) is 0 Å². The molecule has 0 saturated carbocycles. The first kappa shape index (κ1) is 45.1. The van der Waals surface area contributed by atoms with Crippen LogP contribution < -0.4 is 5.73 Å². The minimum atomic E-state index is -0.921. The fourth-order valence-electron chi connectivity index (χ4n) is 5.35. The molecule has 5 nitrogen and oxygen atoms in total. The van der Waals surface area contributed by atoms with Crippen LogP contribution in [0.5, 0.6) is 0 Å². The van der Waals surface area contributed by atoms with Crippen molar-refractivity contribution in [1.82, 2.24) is 0 Å². The predicted molar refractivity (Wildman–Crippen MR) is 192 cm³/mol. The number of hydrogen-bond acceptors (Lipinski definition) is 5. The van der Waals surface area contributed by atoms with Crippen molar-refractivity contribution in [2.45, 2.75) is 212 Å². The number of aliphatic hydroxyl groups is 3. The zero-order valence-corrected chi connectivity index (χ0v) is 29.7. The van der Waals surface area contributed by atoms with E-state index in [1.807, 2.05) is 0 Å². The van der Waals surface area contributed by atoms with Crippen LogP contribution in [-0.4, -0.2) is 46.0 Å². The lowest BCUT2D eigenvalue weighted by Gasteiger charge is -2.23. The van der Waals surface area contributed by atoms with Gasteiger partial charge in [-0.1, -0.05) is 160 Å². The molecule has 0 aromatic heterocycles. The van der Waals surface area contributed by atoms with Crippen LogP contribution in [0, 0.1) is 0 Å². The highest BCUT2D eigenvalue weighted by Crippen LogP contribution is 2.15. The van der Waals surface area contributed by atoms with Crippen molar-refractivity contribution in [3.05, 3.63) is 24.3 Å². The maximum absolute atomic E-state index is 10.8. The fraction of sp³-hybridized carbons (Fsp3) is 0.872. The number of carbonyl (C=O) groups excluding carboxylic acids is 1. The Balaban J connectivity index is 0. The topological polar surface area (TPSA) is 104 Å². The van der Waals surface area contributed by atoms with E-state index >= 15 is 0 Å². The molecule has 0 bridgehead atoms. The summed E-state index contributed by atoms with van der Waals surface area (Å²) in [7, 11) is 0. The lowest BCUT2D eigenvalue weighted by molar-refractivity contribution is -0.117. The molecule has 5 heteroatoms. The molecule has 0 aliphatic carbocycles. The van der Waals surface area contributed by atoms with Gasteiger partial charge in [-0.2, -0.15) is 0 Å². The van der Waals surface area contributed by atoms with Crippen molar-refractivity contribution >= 4 is 5.78 Å². The first-order chi connectivity index (χ1) is 21.4. The predicted octanol–water partition coefficient (Wildman–Crippen LogP) is 10.3. The van der Waals surface area contributed by atoms with Crippen LogP contribution in [0.3, 0.4) is 0 Å². The second kappa shape index (κ2) is 38.2. The monoisotopic (exact) mass is 624 g/mol. The Morgan fingerprint density at radius 3 is 1.43 bits per heavy atom. The summed E-state index contributed by atoms with van der Waals surface area (Å²) in [5, 5.41) is 28.4. The normalized spacial score (nSPS) is 13.7. The minimum Gasteiger partial charge on any atom is -0.396 e. The van der Waals surface area contributed by atoms with Crippen molar-refractivity contribution in [2.75, 3.05) is 6.61 Å². The van der Waals surface area contributed by atoms with E-state index in [1.165, 1.54) is 135 Å². The molecular formula is C39H77NO4. The molecule has 262 valence electrons. The summed E-state index contributed by atoms with van der Waals surface area (Å²) in [4.78, 5) is 10.8. The van der Waals surface area contributed by atoms with Gasteiger partial charge in [0, 0.05) is 19.1 Å². The van der Waals surface area contributed by atoms with Crippen molar-refractivity contribution in [3.8, 4) is 0 Å². The lowest BCUT2D eigenvalue weighted by atomic mass is 9.98. The van der Waals surface area contributed by atoms with E-state index in [2.05, 4.69) is 38.2 Å². The standard InChI is InChI=1S/C21H38O.C18H39NO3/c1-3-4-5-6-7-8-9-10-11-12-13-14-15-16-17-18-19-20-21(2)22;1-2-3-4-5-6-7-8-9-10-11-12-13-17(21)18(22)16(19)14-15-20/h7-10H,3-6,11-20H2,1-2H3;16-18,20-22H,2-15,19H2,1H3/b8-7-,10-9+;. The molecule has 0 aromatic rings. The maximum atomic E-state index is 10.8. The van der Waals surface area contributed by atoms with Gasteiger partial charge in [-0.25, -0.2) is 0 Å². The van der Waals surface area contributed by atoms with Gasteiger partial charge in [-0.05, 0) is 51.9 Å². The Bertz CT molecular complexity index is 621. The van der Waals surface area contributed by atoms with Crippen LogP contribution >= 0.6 is 0 Å². The third-order valence-electron chi connectivity index (χ3n) is 8.41. The molecule has 0 fully saturated rings. The Morgan fingerprint density at radius 2 is 0.977 bits per heavy atom. The number of rotatable bonds is 32. The average molecular weight is 624 g/mol. The van der Waals surface area contributed by atoms with Gasteiger partial charge >= 0.3 is 0 Å². The number of aliphatic hydroxyl groups excluding tert-OH is 3. The average Bonchev–Trinajstić information content (AvgIpc) is 3.01. The highest BCUT2D eigenvalue weighted by Gasteiger charge is 2.22. The summed E-state index contributed by atoms with van der Waals surface area (Å²) in [6, 6.07) is -0.535.